The van der Waals surface area contributed by atoms with Gasteiger partial charge in [-0.25, -0.2) is 0 Å². The zero-order valence-electron chi connectivity index (χ0n) is 2.69. The average Bonchev–Trinajstić information content (AvgIpc) is 1.38. The average molecular weight is 140 g/mol. The molecule has 0 saturated heterocycles. The van der Waals surface area contributed by atoms with Gasteiger partial charge in [0.25, 0.3) is 0 Å². The first-order valence-corrected chi connectivity index (χ1v) is 2.39. The van der Waals surface area contributed by atoms with Crippen LogP contribution in [0.4, 0.5) is 0 Å². The van der Waals surface area contributed by atoms with E-state index < -0.39 is 6.23 Å². The molecule has 0 saturated carbocycles. The van der Waals surface area contributed by atoms with Gasteiger partial charge in [0.1, 0.15) is 6.23 Å². The first-order valence-electron chi connectivity index (χ1n) is 1.27. The van der Waals surface area contributed by atoms with Crippen LogP contribution in [-0.2, 0) is 0 Å². The Bertz CT molecular complexity index is 23.6. The topological polar surface area (TPSA) is 46.2 Å². The van der Waals surface area contributed by atoms with Crippen molar-refractivity contribution in [3.63, 3.8) is 0 Å². The normalized spacial score (nSPS) is 15.0. The summed E-state index contributed by atoms with van der Waals surface area (Å²) in [6, 6.07) is 0. The van der Waals surface area contributed by atoms with Crippen molar-refractivity contribution in [1.29, 1.82) is 0 Å². The fraction of sp³-hybridized carbons (Fsp3) is 1.00. The molecule has 0 amide bonds. The molecule has 1 unspecified atom stereocenters. The summed E-state index contributed by atoms with van der Waals surface area (Å²) in [6.45, 7) is 0. The standard InChI is InChI=1S/C2H6BrNO/c3-1-2(4)5/h2,5H,1,4H2. The molecule has 0 radical (unpaired) electrons. The van der Waals surface area contributed by atoms with Crippen molar-refractivity contribution in [2.45, 2.75) is 6.23 Å². The maximum atomic E-state index is 8.09. The summed E-state index contributed by atoms with van der Waals surface area (Å²) in [6.07, 6.45) is -0.699. The number of halogens is 1. The number of rotatable bonds is 1. The maximum absolute atomic E-state index is 8.09. The lowest BCUT2D eigenvalue weighted by Gasteiger charge is -1.90. The molecule has 5 heavy (non-hydrogen) atoms. The summed E-state index contributed by atoms with van der Waals surface area (Å²) < 4.78 is 0. The zero-order chi connectivity index (χ0) is 4.28. The molecule has 0 fully saturated rings. The molecule has 2 nitrogen and oxygen atoms in total. The fourth-order valence-corrected chi connectivity index (χ4v) is 0. The van der Waals surface area contributed by atoms with Crippen LogP contribution in [0.25, 0.3) is 0 Å². The Morgan fingerprint density at radius 2 is 2.20 bits per heavy atom. The van der Waals surface area contributed by atoms with Crippen LogP contribution in [0.15, 0.2) is 0 Å². The third-order valence-electron chi connectivity index (χ3n) is 0.158. The molecule has 0 spiro atoms. The van der Waals surface area contributed by atoms with Crippen LogP contribution in [0.5, 0.6) is 0 Å². The molecular weight excluding hydrogens is 134 g/mol. The van der Waals surface area contributed by atoms with Crippen LogP contribution in [0.2, 0.25) is 0 Å². The van der Waals surface area contributed by atoms with Crippen molar-refractivity contribution in [3.05, 3.63) is 0 Å². The molecule has 0 aliphatic carbocycles. The fourth-order valence-electron chi connectivity index (χ4n) is 0. The Morgan fingerprint density at radius 1 is 2.00 bits per heavy atom. The van der Waals surface area contributed by atoms with Crippen molar-refractivity contribution < 1.29 is 5.11 Å². The molecule has 3 N–H and O–H groups in total. The summed E-state index contributed by atoms with van der Waals surface area (Å²) in [4.78, 5) is 0. The second kappa shape index (κ2) is 2.63. The molecule has 1 atom stereocenters. The second-order valence-corrected chi connectivity index (χ2v) is 1.37. The molecule has 3 heteroatoms. The van der Waals surface area contributed by atoms with Crippen molar-refractivity contribution in [2.75, 3.05) is 5.33 Å². The van der Waals surface area contributed by atoms with Gasteiger partial charge < -0.3 is 10.8 Å². The molecule has 32 valence electrons. The van der Waals surface area contributed by atoms with E-state index in [1.165, 1.54) is 0 Å². The molecule has 0 bridgehead atoms. The Balaban J connectivity index is 2.54. The molecule has 0 aromatic rings. The number of aliphatic hydroxyl groups is 1. The highest BCUT2D eigenvalue weighted by Crippen LogP contribution is 1.77. The van der Waals surface area contributed by atoms with E-state index in [0.29, 0.717) is 5.33 Å². The summed E-state index contributed by atoms with van der Waals surface area (Å²) in [5.74, 6) is 0. The van der Waals surface area contributed by atoms with Crippen molar-refractivity contribution >= 4 is 15.9 Å². The predicted octanol–water partition coefficient (Wildman–Crippen LogP) is -0.342. The van der Waals surface area contributed by atoms with E-state index in [1.807, 2.05) is 0 Å². The van der Waals surface area contributed by atoms with Gasteiger partial charge in [-0.15, -0.1) is 0 Å². The Morgan fingerprint density at radius 3 is 2.20 bits per heavy atom. The third-order valence-corrected chi connectivity index (χ3v) is 0.821. The van der Waals surface area contributed by atoms with Gasteiger partial charge in [-0.3, -0.25) is 0 Å². The summed E-state index contributed by atoms with van der Waals surface area (Å²) in [7, 11) is 0. The zero-order valence-corrected chi connectivity index (χ0v) is 4.27. The first kappa shape index (κ1) is 5.40. The quantitative estimate of drug-likeness (QED) is 0.386. The van der Waals surface area contributed by atoms with Crippen LogP contribution in [-0.4, -0.2) is 16.7 Å². The lowest BCUT2D eigenvalue weighted by Crippen LogP contribution is -2.19. The highest BCUT2D eigenvalue weighted by molar-refractivity contribution is 9.09. The molecule has 0 heterocycles. The minimum Gasteiger partial charge on any atom is -0.378 e. The first-order chi connectivity index (χ1) is 2.27. The lowest BCUT2D eigenvalue weighted by molar-refractivity contribution is 0.209. The van der Waals surface area contributed by atoms with Gasteiger partial charge in [-0.2, -0.15) is 0 Å². The second-order valence-electron chi connectivity index (χ2n) is 0.722. The lowest BCUT2D eigenvalue weighted by atomic mass is 10.7. The Hall–Kier alpha value is 0.400. The molecule has 0 aromatic carbocycles. The van der Waals surface area contributed by atoms with E-state index in [2.05, 4.69) is 15.9 Å². The van der Waals surface area contributed by atoms with Gasteiger partial charge in [0.05, 0.1) is 0 Å². The van der Waals surface area contributed by atoms with E-state index in [4.69, 9.17) is 10.8 Å². The van der Waals surface area contributed by atoms with E-state index >= 15 is 0 Å². The summed E-state index contributed by atoms with van der Waals surface area (Å²) >= 11 is 2.94. The van der Waals surface area contributed by atoms with E-state index in [1.54, 1.807) is 0 Å². The smallest absolute Gasteiger partial charge is 0.112 e. The predicted molar refractivity (Wildman–Crippen MR) is 24.0 cm³/mol. The number of aliphatic hydroxyl groups excluding tert-OH is 1. The maximum Gasteiger partial charge on any atom is 0.112 e. The SMILES string of the molecule is NC(O)CBr. The summed E-state index contributed by atoms with van der Waals surface area (Å²) in [5, 5.41) is 8.54. The van der Waals surface area contributed by atoms with Crippen molar-refractivity contribution in [3.8, 4) is 0 Å². The minimum absolute atomic E-state index is 0.451. The molecule has 0 rings (SSSR count). The van der Waals surface area contributed by atoms with Crippen LogP contribution < -0.4 is 5.73 Å². The van der Waals surface area contributed by atoms with Gasteiger partial charge in [-0.05, 0) is 0 Å². The highest BCUT2D eigenvalue weighted by Gasteiger charge is 1.83. The van der Waals surface area contributed by atoms with E-state index in [-0.39, 0.29) is 0 Å². The van der Waals surface area contributed by atoms with Gasteiger partial charge in [0, 0.05) is 5.33 Å². The monoisotopic (exact) mass is 139 g/mol. The van der Waals surface area contributed by atoms with Crippen molar-refractivity contribution in [1.82, 2.24) is 0 Å². The third kappa shape index (κ3) is 4.40. The highest BCUT2D eigenvalue weighted by atomic mass is 79.9. The largest absolute Gasteiger partial charge is 0.378 e. The van der Waals surface area contributed by atoms with Crippen LogP contribution in [0.3, 0.4) is 0 Å². The Labute approximate surface area is 39.1 Å². The number of hydrogen-bond acceptors (Lipinski definition) is 2. The number of hydrogen-bond donors (Lipinski definition) is 2. The number of alkyl halides is 1. The van der Waals surface area contributed by atoms with Gasteiger partial charge in [0.15, 0.2) is 0 Å². The summed E-state index contributed by atoms with van der Waals surface area (Å²) in [5.41, 5.74) is 4.80. The molecule has 0 aromatic heterocycles. The van der Waals surface area contributed by atoms with Gasteiger partial charge >= 0.3 is 0 Å². The van der Waals surface area contributed by atoms with E-state index in [9.17, 15) is 0 Å². The molecular formula is C2H6BrNO. The van der Waals surface area contributed by atoms with E-state index in [0.717, 1.165) is 0 Å². The van der Waals surface area contributed by atoms with Crippen LogP contribution >= 0.6 is 15.9 Å². The number of nitrogens with two attached hydrogens (primary N) is 1. The molecule has 0 aliphatic rings. The van der Waals surface area contributed by atoms with Crippen LogP contribution in [0, 0.1) is 0 Å². The van der Waals surface area contributed by atoms with Crippen LogP contribution in [0.1, 0.15) is 0 Å². The van der Waals surface area contributed by atoms with Gasteiger partial charge in [0.2, 0.25) is 0 Å². The van der Waals surface area contributed by atoms with Gasteiger partial charge in [-0.1, -0.05) is 15.9 Å². The minimum atomic E-state index is -0.699. The molecule has 0 aliphatic heterocycles. The Kier molecular flexibility index (Phi) is 2.84. The van der Waals surface area contributed by atoms with Crippen molar-refractivity contribution in [2.24, 2.45) is 5.73 Å².